The molecule has 2 N–H and O–H groups in total. The number of rotatable bonds is 1. The molecule has 0 saturated carbocycles. The summed E-state index contributed by atoms with van der Waals surface area (Å²) in [7, 11) is 0. The fourth-order valence-electron chi connectivity index (χ4n) is 2.57. The molecular formula is C12H18N4OS. The molecule has 1 amide bonds. The molecule has 2 aliphatic rings. The van der Waals surface area contributed by atoms with Gasteiger partial charge in [0.2, 0.25) is 0 Å². The second kappa shape index (κ2) is 4.93. The molecule has 18 heavy (non-hydrogen) atoms. The first-order chi connectivity index (χ1) is 8.77. The molecule has 6 heteroatoms. The van der Waals surface area contributed by atoms with Crippen LogP contribution in [0.15, 0.2) is 0 Å². The summed E-state index contributed by atoms with van der Waals surface area (Å²) in [5, 5.41) is 10.6. The Morgan fingerprint density at radius 1 is 1.56 bits per heavy atom. The largest absolute Gasteiger partial charge is 0.333 e. The highest BCUT2D eigenvalue weighted by Crippen LogP contribution is 2.21. The molecule has 2 aliphatic heterocycles. The molecule has 1 unspecified atom stereocenters. The minimum atomic E-state index is 0.0870. The van der Waals surface area contributed by atoms with Crippen LogP contribution < -0.4 is 5.32 Å². The van der Waals surface area contributed by atoms with Crippen molar-refractivity contribution in [1.82, 2.24) is 20.4 Å². The number of hydrogen-bond donors (Lipinski definition) is 2. The number of carbonyl (C=O) groups excluding carboxylic acids is 1. The minimum absolute atomic E-state index is 0.0870. The van der Waals surface area contributed by atoms with E-state index >= 15 is 0 Å². The molecule has 0 spiro atoms. The predicted octanol–water partition coefficient (Wildman–Crippen LogP) is 0.633. The molecule has 98 valence electrons. The number of H-pyrrole nitrogens is 1. The summed E-state index contributed by atoms with van der Waals surface area (Å²) >= 11 is 1.92. The van der Waals surface area contributed by atoms with E-state index in [2.05, 4.69) is 22.4 Å². The van der Waals surface area contributed by atoms with Gasteiger partial charge in [-0.3, -0.25) is 9.89 Å². The molecule has 1 fully saturated rings. The normalized spacial score (nSPS) is 23.8. The van der Waals surface area contributed by atoms with Crippen LogP contribution in [0.3, 0.4) is 0 Å². The molecule has 0 aliphatic carbocycles. The highest BCUT2D eigenvalue weighted by atomic mass is 32.2. The zero-order valence-electron chi connectivity index (χ0n) is 10.5. The van der Waals surface area contributed by atoms with Crippen molar-refractivity contribution >= 4 is 17.7 Å². The van der Waals surface area contributed by atoms with Gasteiger partial charge in [-0.15, -0.1) is 0 Å². The zero-order chi connectivity index (χ0) is 12.5. The van der Waals surface area contributed by atoms with E-state index in [1.165, 1.54) is 0 Å². The number of amides is 1. The lowest BCUT2D eigenvalue weighted by atomic mass is 10.1. The van der Waals surface area contributed by atoms with Crippen molar-refractivity contribution in [2.24, 2.45) is 0 Å². The third-order valence-electron chi connectivity index (χ3n) is 3.64. The van der Waals surface area contributed by atoms with Crippen LogP contribution in [0, 0.1) is 0 Å². The molecule has 0 bridgehead atoms. The van der Waals surface area contributed by atoms with Crippen molar-refractivity contribution in [3.8, 4) is 0 Å². The molecule has 1 aromatic heterocycles. The first-order valence-corrected chi connectivity index (χ1v) is 7.58. The van der Waals surface area contributed by atoms with E-state index in [9.17, 15) is 4.79 Å². The second-order valence-electron chi connectivity index (χ2n) is 4.88. The van der Waals surface area contributed by atoms with Gasteiger partial charge in [0, 0.05) is 54.9 Å². The Kier molecular flexibility index (Phi) is 3.30. The van der Waals surface area contributed by atoms with Crippen LogP contribution in [0.5, 0.6) is 0 Å². The van der Waals surface area contributed by atoms with E-state index in [4.69, 9.17) is 0 Å². The molecule has 3 heterocycles. The van der Waals surface area contributed by atoms with E-state index < -0.39 is 0 Å². The molecule has 3 rings (SSSR count). The summed E-state index contributed by atoms with van der Waals surface area (Å²) < 4.78 is 0. The average Bonchev–Trinajstić information content (AvgIpc) is 2.82. The van der Waals surface area contributed by atoms with Crippen molar-refractivity contribution in [3.63, 3.8) is 0 Å². The average molecular weight is 266 g/mol. The third-order valence-corrected chi connectivity index (χ3v) is 4.83. The van der Waals surface area contributed by atoms with Gasteiger partial charge >= 0.3 is 0 Å². The maximum atomic E-state index is 12.5. The Hall–Kier alpha value is -1.01. The van der Waals surface area contributed by atoms with Crippen LogP contribution in [0.1, 0.15) is 28.7 Å². The van der Waals surface area contributed by atoms with Crippen molar-refractivity contribution in [1.29, 1.82) is 0 Å². The molecule has 1 saturated heterocycles. The van der Waals surface area contributed by atoms with Gasteiger partial charge in [-0.2, -0.15) is 16.9 Å². The lowest BCUT2D eigenvalue weighted by Gasteiger charge is -2.32. The van der Waals surface area contributed by atoms with Crippen LogP contribution in [0.4, 0.5) is 0 Å². The van der Waals surface area contributed by atoms with E-state index in [1.807, 2.05) is 16.7 Å². The maximum absolute atomic E-state index is 12.5. The molecular weight excluding hydrogens is 248 g/mol. The van der Waals surface area contributed by atoms with Crippen LogP contribution in [-0.4, -0.2) is 51.6 Å². The Morgan fingerprint density at radius 2 is 2.44 bits per heavy atom. The zero-order valence-corrected chi connectivity index (χ0v) is 11.3. The molecule has 0 radical (unpaired) electrons. The summed E-state index contributed by atoms with van der Waals surface area (Å²) in [6, 6.07) is 0.306. The topological polar surface area (TPSA) is 61.0 Å². The summed E-state index contributed by atoms with van der Waals surface area (Å²) in [5.74, 6) is 2.14. The lowest BCUT2D eigenvalue weighted by Crippen LogP contribution is -2.45. The Morgan fingerprint density at radius 3 is 3.28 bits per heavy atom. The highest BCUT2D eigenvalue weighted by Gasteiger charge is 2.29. The van der Waals surface area contributed by atoms with Gasteiger partial charge in [0.05, 0.1) is 0 Å². The number of hydrogen-bond acceptors (Lipinski definition) is 4. The number of thioether (sulfide) groups is 1. The Labute approximate surface area is 111 Å². The Bertz CT molecular complexity index is 459. The lowest BCUT2D eigenvalue weighted by molar-refractivity contribution is 0.0708. The molecule has 1 aromatic rings. The summed E-state index contributed by atoms with van der Waals surface area (Å²) in [6.07, 6.45) is 0.932. The van der Waals surface area contributed by atoms with E-state index in [1.54, 1.807) is 0 Å². The van der Waals surface area contributed by atoms with Gasteiger partial charge in [-0.1, -0.05) is 0 Å². The second-order valence-corrected chi connectivity index (χ2v) is 6.03. The van der Waals surface area contributed by atoms with Gasteiger partial charge in [-0.25, -0.2) is 0 Å². The van der Waals surface area contributed by atoms with Gasteiger partial charge in [0.1, 0.15) is 0 Å². The van der Waals surface area contributed by atoms with Crippen LogP contribution >= 0.6 is 11.8 Å². The highest BCUT2D eigenvalue weighted by molar-refractivity contribution is 7.99. The number of nitrogens with zero attached hydrogens (tertiary/aromatic N) is 2. The Balaban J connectivity index is 1.85. The van der Waals surface area contributed by atoms with Gasteiger partial charge in [0.15, 0.2) is 5.69 Å². The summed E-state index contributed by atoms with van der Waals surface area (Å²) in [4.78, 5) is 14.5. The van der Waals surface area contributed by atoms with E-state index in [-0.39, 0.29) is 5.91 Å². The number of nitrogens with one attached hydrogen (secondary N) is 2. The smallest absolute Gasteiger partial charge is 0.274 e. The summed E-state index contributed by atoms with van der Waals surface area (Å²) in [5.41, 5.74) is 2.81. The number of aromatic nitrogens is 2. The third kappa shape index (κ3) is 2.03. The predicted molar refractivity (Wildman–Crippen MR) is 71.8 cm³/mol. The van der Waals surface area contributed by atoms with Crippen molar-refractivity contribution in [2.45, 2.75) is 25.9 Å². The van der Waals surface area contributed by atoms with E-state index in [0.29, 0.717) is 11.7 Å². The van der Waals surface area contributed by atoms with Gasteiger partial charge in [0.25, 0.3) is 5.91 Å². The van der Waals surface area contributed by atoms with Crippen LogP contribution in [-0.2, 0) is 13.0 Å². The SMILES string of the molecule is CC1CSCCN1C(=O)c1n[nH]c2c1CNCC2. The van der Waals surface area contributed by atoms with Crippen LogP contribution in [0.25, 0.3) is 0 Å². The van der Waals surface area contributed by atoms with Gasteiger partial charge < -0.3 is 10.2 Å². The standard InChI is InChI=1S/C12H18N4OS/c1-8-7-18-5-4-16(8)12(17)11-9-6-13-3-2-10(9)14-15-11/h8,13H,2-7H2,1H3,(H,14,15). The van der Waals surface area contributed by atoms with Crippen LogP contribution in [0.2, 0.25) is 0 Å². The monoisotopic (exact) mass is 266 g/mol. The maximum Gasteiger partial charge on any atom is 0.274 e. The molecule has 0 aromatic carbocycles. The van der Waals surface area contributed by atoms with Crippen molar-refractivity contribution < 1.29 is 4.79 Å². The number of aromatic amines is 1. The number of fused-ring (bicyclic) bond motifs is 1. The molecule has 1 atom stereocenters. The van der Waals surface area contributed by atoms with Crippen molar-refractivity contribution in [2.75, 3.05) is 24.6 Å². The van der Waals surface area contributed by atoms with E-state index in [0.717, 1.165) is 48.8 Å². The molecule has 5 nitrogen and oxygen atoms in total. The number of carbonyl (C=O) groups is 1. The first kappa shape index (κ1) is 12.0. The summed E-state index contributed by atoms with van der Waals surface area (Å²) in [6.45, 7) is 4.66. The van der Waals surface area contributed by atoms with Gasteiger partial charge in [-0.05, 0) is 6.92 Å². The first-order valence-electron chi connectivity index (χ1n) is 6.43. The van der Waals surface area contributed by atoms with Crippen molar-refractivity contribution in [3.05, 3.63) is 17.0 Å². The minimum Gasteiger partial charge on any atom is -0.333 e. The fraction of sp³-hybridized carbons (Fsp3) is 0.667. The fourth-order valence-corrected chi connectivity index (χ4v) is 3.58. The quantitative estimate of drug-likeness (QED) is 0.783.